The third-order valence-corrected chi connectivity index (χ3v) is 1.17. The van der Waals surface area contributed by atoms with Crippen LogP contribution in [-0.2, 0) is 4.79 Å². The number of hydrogen-bond acceptors (Lipinski definition) is 1. The van der Waals surface area contributed by atoms with Crippen LogP contribution in [0.5, 0.6) is 0 Å². The molecule has 0 aliphatic carbocycles. The zero-order valence-corrected chi connectivity index (χ0v) is 7.38. The van der Waals surface area contributed by atoms with E-state index in [4.69, 9.17) is 0 Å². The molecule has 0 bridgehead atoms. The minimum absolute atomic E-state index is 0.00763. The first kappa shape index (κ1) is 10.9. The van der Waals surface area contributed by atoms with Gasteiger partial charge in [-0.15, -0.1) is 0 Å². The second-order valence-electron chi connectivity index (χ2n) is 2.46. The lowest BCUT2D eigenvalue weighted by atomic mass is 10.3. The molecule has 1 unspecified atom stereocenters. The van der Waals surface area contributed by atoms with Gasteiger partial charge in [0.1, 0.15) is 6.67 Å². The standard InChI is InChI=1S/C9H14FNO/c1-8(11-9(2)12)6-4-3-5-7-10/h3-6,8H,7H2,1-2H3,(H,11,12)/b5-3-,6-4-. The molecule has 0 aromatic carbocycles. The minimum atomic E-state index is -0.459. The lowest BCUT2D eigenvalue weighted by Gasteiger charge is -2.04. The molecule has 0 radical (unpaired) electrons. The molecule has 0 saturated heterocycles. The fourth-order valence-electron chi connectivity index (χ4n) is 0.730. The number of halogens is 1. The van der Waals surface area contributed by atoms with Crippen molar-refractivity contribution in [2.24, 2.45) is 0 Å². The van der Waals surface area contributed by atoms with Gasteiger partial charge in [0, 0.05) is 13.0 Å². The van der Waals surface area contributed by atoms with Crippen molar-refractivity contribution in [3.05, 3.63) is 24.3 Å². The van der Waals surface area contributed by atoms with E-state index in [1.807, 2.05) is 6.92 Å². The monoisotopic (exact) mass is 171 g/mol. The lowest BCUT2D eigenvalue weighted by Crippen LogP contribution is -2.28. The Labute approximate surface area is 72.2 Å². The minimum Gasteiger partial charge on any atom is -0.350 e. The van der Waals surface area contributed by atoms with Crippen LogP contribution in [0.15, 0.2) is 24.3 Å². The van der Waals surface area contributed by atoms with E-state index in [1.165, 1.54) is 13.0 Å². The van der Waals surface area contributed by atoms with Crippen molar-refractivity contribution in [3.63, 3.8) is 0 Å². The van der Waals surface area contributed by atoms with Crippen LogP contribution in [0.3, 0.4) is 0 Å². The van der Waals surface area contributed by atoms with E-state index in [-0.39, 0.29) is 11.9 Å². The Hall–Kier alpha value is -1.12. The second kappa shape index (κ2) is 6.58. The van der Waals surface area contributed by atoms with Gasteiger partial charge in [0.05, 0.1) is 0 Å². The average Bonchev–Trinajstić information content (AvgIpc) is 1.97. The molecular weight excluding hydrogens is 157 g/mol. The van der Waals surface area contributed by atoms with Gasteiger partial charge < -0.3 is 5.32 Å². The van der Waals surface area contributed by atoms with Gasteiger partial charge in [-0.05, 0) is 6.92 Å². The highest BCUT2D eigenvalue weighted by molar-refractivity contribution is 5.73. The third-order valence-electron chi connectivity index (χ3n) is 1.17. The molecule has 1 N–H and O–H groups in total. The fraction of sp³-hybridized carbons (Fsp3) is 0.444. The van der Waals surface area contributed by atoms with Gasteiger partial charge in [0.15, 0.2) is 0 Å². The molecule has 1 atom stereocenters. The first-order valence-electron chi connectivity index (χ1n) is 3.83. The number of nitrogens with one attached hydrogen (secondary N) is 1. The smallest absolute Gasteiger partial charge is 0.217 e. The number of allylic oxidation sites excluding steroid dienone is 3. The predicted octanol–water partition coefficient (Wildman–Crippen LogP) is 1.59. The van der Waals surface area contributed by atoms with Crippen LogP contribution < -0.4 is 5.32 Å². The van der Waals surface area contributed by atoms with Gasteiger partial charge in [-0.25, -0.2) is 4.39 Å². The van der Waals surface area contributed by atoms with Gasteiger partial charge in [-0.1, -0.05) is 24.3 Å². The SMILES string of the molecule is CC(=O)NC(C)/C=C\C=C/CF. The quantitative estimate of drug-likeness (QED) is 0.639. The van der Waals surface area contributed by atoms with Crippen molar-refractivity contribution in [2.45, 2.75) is 19.9 Å². The molecule has 2 nitrogen and oxygen atoms in total. The molecule has 0 rings (SSSR count). The van der Waals surface area contributed by atoms with E-state index in [1.54, 1.807) is 18.2 Å². The number of carbonyl (C=O) groups is 1. The Kier molecular flexibility index (Phi) is 5.97. The molecule has 12 heavy (non-hydrogen) atoms. The zero-order chi connectivity index (χ0) is 9.40. The highest BCUT2D eigenvalue weighted by atomic mass is 19.1. The second-order valence-corrected chi connectivity index (χ2v) is 2.46. The number of rotatable bonds is 4. The van der Waals surface area contributed by atoms with Crippen LogP contribution in [0.25, 0.3) is 0 Å². The van der Waals surface area contributed by atoms with Crippen LogP contribution in [0.4, 0.5) is 4.39 Å². The Morgan fingerprint density at radius 2 is 2.25 bits per heavy atom. The van der Waals surface area contributed by atoms with Crippen LogP contribution in [-0.4, -0.2) is 18.6 Å². The summed E-state index contributed by atoms with van der Waals surface area (Å²) in [6.07, 6.45) is 6.50. The summed E-state index contributed by atoms with van der Waals surface area (Å²) in [6, 6.07) is -0.00763. The van der Waals surface area contributed by atoms with E-state index in [0.717, 1.165) is 0 Å². The molecular formula is C9H14FNO. The van der Waals surface area contributed by atoms with Gasteiger partial charge >= 0.3 is 0 Å². The number of amides is 1. The summed E-state index contributed by atoms with van der Waals surface area (Å²) in [6.45, 7) is 2.85. The summed E-state index contributed by atoms with van der Waals surface area (Å²) < 4.78 is 11.5. The molecule has 1 amide bonds. The van der Waals surface area contributed by atoms with Crippen molar-refractivity contribution in [2.75, 3.05) is 6.67 Å². The van der Waals surface area contributed by atoms with Crippen LogP contribution >= 0.6 is 0 Å². The lowest BCUT2D eigenvalue weighted by molar-refractivity contribution is -0.119. The molecule has 0 aromatic rings. The van der Waals surface area contributed by atoms with E-state index in [2.05, 4.69) is 5.32 Å². The maximum absolute atomic E-state index is 11.5. The molecule has 0 spiro atoms. The van der Waals surface area contributed by atoms with Gasteiger partial charge in [-0.3, -0.25) is 4.79 Å². The molecule has 0 aliphatic heterocycles. The number of carbonyl (C=O) groups excluding carboxylic acids is 1. The van der Waals surface area contributed by atoms with Crippen LogP contribution in [0, 0.1) is 0 Å². The topological polar surface area (TPSA) is 29.1 Å². The summed E-state index contributed by atoms with van der Waals surface area (Å²) in [5.41, 5.74) is 0. The van der Waals surface area contributed by atoms with E-state index in [0.29, 0.717) is 0 Å². The average molecular weight is 171 g/mol. The van der Waals surface area contributed by atoms with Gasteiger partial charge in [0.2, 0.25) is 5.91 Å². The summed E-state index contributed by atoms with van der Waals surface area (Å²) in [5.74, 6) is -0.0679. The molecule has 0 fully saturated rings. The largest absolute Gasteiger partial charge is 0.350 e. The highest BCUT2D eigenvalue weighted by Crippen LogP contribution is 1.86. The van der Waals surface area contributed by atoms with E-state index in [9.17, 15) is 9.18 Å². The predicted molar refractivity (Wildman–Crippen MR) is 47.5 cm³/mol. The van der Waals surface area contributed by atoms with Crippen molar-refractivity contribution >= 4 is 5.91 Å². The summed E-state index contributed by atoms with van der Waals surface area (Å²) in [7, 11) is 0. The Morgan fingerprint density at radius 3 is 2.75 bits per heavy atom. The van der Waals surface area contributed by atoms with Crippen molar-refractivity contribution in [1.82, 2.24) is 5.32 Å². The van der Waals surface area contributed by atoms with Gasteiger partial charge in [-0.2, -0.15) is 0 Å². The zero-order valence-electron chi connectivity index (χ0n) is 7.38. The highest BCUT2D eigenvalue weighted by Gasteiger charge is 1.95. The maximum Gasteiger partial charge on any atom is 0.217 e. The molecule has 3 heteroatoms. The molecule has 68 valence electrons. The van der Waals surface area contributed by atoms with Crippen LogP contribution in [0.2, 0.25) is 0 Å². The Bertz CT molecular complexity index is 187. The summed E-state index contributed by atoms with van der Waals surface area (Å²) in [5, 5.41) is 2.67. The van der Waals surface area contributed by atoms with E-state index < -0.39 is 6.67 Å². The van der Waals surface area contributed by atoms with Crippen molar-refractivity contribution in [1.29, 1.82) is 0 Å². The molecule has 0 aliphatic rings. The molecule has 0 heterocycles. The van der Waals surface area contributed by atoms with Crippen molar-refractivity contribution < 1.29 is 9.18 Å². The maximum atomic E-state index is 11.5. The van der Waals surface area contributed by atoms with E-state index >= 15 is 0 Å². The Morgan fingerprint density at radius 1 is 1.58 bits per heavy atom. The van der Waals surface area contributed by atoms with Crippen molar-refractivity contribution in [3.8, 4) is 0 Å². The first-order valence-corrected chi connectivity index (χ1v) is 3.83. The normalized spacial score (nSPS) is 13.9. The fourth-order valence-corrected chi connectivity index (χ4v) is 0.730. The summed E-state index contributed by atoms with van der Waals surface area (Å²) >= 11 is 0. The summed E-state index contributed by atoms with van der Waals surface area (Å²) in [4.78, 5) is 10.5. The molecule has 0 saturated carbocycles. The number of hydrogen-bond donors (Lipinski definition) is 1. The first-order chi connectivity index (χ1) is 5.66. The third kappa shape index (κ3) is 6.99. The Balaban J connectivity index is 3.67. The van der Waals surface area contributed by atoms with Gasteiger partial charge in [0.25, 0.3) is 0 Å². The molecule has 0 aromatic heterocycles. The number of alkyl halides is 1. The van der Waals surface area contributed by atoms with Crippen LogP contribution in [0.1, 0.15) is 13.8 Å².